The van der Waals surface area contributed by atoms with Gasteiger partial charge in [0.15, 0.2) is 0 Å². The van der Waals surface area contributed by atoms with Crippen LogP contribution >= 0.6 is 0 Å². The number of benzene rings is 2. The molecule has 146 valence electrons. The van der Waals surface area contributed by atoms with E-state index in [1.165, 1.54) is 11.1 Å². The van der Waals surface area contributed by atoms with E-state index in [-0.39, 0.29) is 23.7 Å². The minimum Gasteiger partial charge on any atom is -0.371 e. The molecule has 4 rings (SSSR count). The first-order chi connectivity index (χ1) is 13.6. The van der Waals surface area contributed by atoms with E-state index in [9.17, 15) is 9.59 Å². The molecule has 2 aromatic carbocycles. The van der Waals surface area contributed by atoms with E-state index in [2.05, 4.69) is 22.3 Å². The molecule has 1 saturated heterocycles. The van der Waals surface area contributed by atoms with Crippen LogP contribution in [0.4, 0.5) is 11.4 Å². The summed E-state index contributed by atoms with van der Waals surface area (Å²) in [7, 11) is 0. The molecule has 2 aliphatic rings. The first-order valence-electron chi connectivity index (χ1n) is 10.1. The van der Waals surface area contributed by atoms with E-state index in [4.69, 9.17) is 5.73 Å². The van der Waals surface area contributed by atoms with Crippen LogP contribution in [-0.4, -0.2) is 24.9 Å². The van der Waals surface area contributed by atoms with Gasteiger partial charge in [-0.3, -0.25) is 9.59 Å². The van der Waals surface area contributed by atoms with Crippen LogP contribution in [0.15, 0.2) is 48.5 Å². The van der Waals surface area contributed by atoms with Crippen molar-refractivity contribution in [3.63, 3.8) is 0 Å². The first-order valence-corrected chi connectivity index (χ1v) is 10.1. The molecule has 1 fully saturated rings. The smallest absolute Gasteiger partial charge is 0.231 e. The van der Waals surface area contributed by atoms with Gasteiger partial charge in [-0.2, -0.15) is 0 Å². The SMILES string of the molecule is NC(=O)C1CCN(c2ccc(NC(=O)C3CCCc4ccccc43)cc2)CC1. The maximum Gasteiger partial charge on any atom is 0.231 e. The van der Waals surface area contributed by atoms with Crippen molar-refractivity contribution in [3.05, 3.63) is 59.7 Å². The minimum atomic E-state index is -0.193. The minimum absolute atomic E-state index is 0.00631. The third-order valence-electron chi connectivity index (χ3n) is 6.08. The average Bonchev–Trinajstić information content (AvgIpc) is 2.74. The number of carbonyl (C=O) groups excluding carboxylic acids is 2. The fourth-order valence-electron chi connectivity index (χ4n) is 4.43. The quantitative estimate of drug-likeness (QED) is 0.857. The van der Waals surface area contributed by atoms with E-state index >= 15 is 0 Å². The highest BCUT2D eigenvalue weighted by Crippen LogP contribution is 2.32. The molecule has 0 bridgehead atoms. The Bertz CT molecular complexity index is 854. The largest absolute Gasteiger partial charge is 0.371 e. The van der Waals surface area contributed by atoms with Gasteiger partial charge in [0.05, 0.1) is 5.92 Å². The Morgan fingerprint density at radius 3 is 2.39 bits per heavy atom. The molecule has 0 aromatic heterocycles. The Balaban J connectivity index is 1.39. The number of fused-ring (bicyclic) bond motifs is 1. The number of piperidine rings is 1. The van der Waals surface area contributed by atoms with E-state index in [1.807, 2.05) is 36.4 Å². The summed E-state index contributed by atoms with van der Waals surface area (Å²) in [6, 6.07) is 16.3. The van der Waals surface area contributed by atoms with Crippen LogP contribution in [0.1, 0.15) is 42.7 Å². The van der Waals surface area contributed by atoms with Crippen LogP contribution < -0.4 is 16.0 Å². The highest BCUT2D eigenvalue weighted by molar-refractivity contribution is 5.96. The van der Waals surface area contributed by atoms with Gasteiger partial charge in [0.25, 0.3) is 0 Å². The number of nitrogens with two attached hydrogens (primary N) is 1. The van der Waals surface area contributed by atoms with E-state index in [0.29, 0.717) is 0 Å². The zero-order valence-corrected chi connectivity index (χ0v) is 16.1. The highest BCUT2D eigenvalue weighted by Gasteiger charge is 2.26. The standard InChI is InChI=1S/C23H27N3O2/c24-22(27)17-12-14-26(15-13-17)19-10-8-18(9-11-19)25-23(28)21-7-3-5-16-4-1-2-6-20(16)21/h1-2,4,6,8-11,17,21H,3,5,7,12-15H2,(H2,24,27)(H,25,28). The number of amides is 2. The van der Waals surface area contributed by atoms with Gasteiger partial charge in [-0.1, -0.05) is 24.3 Å². The zero-order valence-electron chi connectivity index (χ0n) is 16.1. The predicted molar refractivity (Wildman–Crippen MR) is 111 cm³/mol. The molecule has 5 nitrogen and oxygen atoms in total. The molecule has 1 unspecified atom stereocenters. The molecule has 0 spiro atoms. The maximum atomic E-state index is 12.9. The molecule has 5 heteroatoms. The molecule has 1 atom stereocenters. The Morgan fingerprint density at radius 2 is 1.68 bits per heavy atom. The Kier molecular flexibility index (Phi) is 5.33. The number of anilines is 2. The highest BCUT2D eigenvalue weighted by atomic mass is 16.2. The molecule has 2 amide bonds. The van der Waals surface area contributed by atoms with Crippen molar-refractivity contribution in [2.24, 2.45) is 11.7 Å². The maximum absolute atomic E-state index is 12.9. The lowest BCUT2D eigenvalue weighted by atomic mass is 9.82. The van der Waals surface area contributed by atoms with Crippen molar-refractivity contribution in [1.29, 1.82) is 0 Å². The number of carbonyl (C=O) groups is 2. The summed E-state index contributed by atoms with van der Waals surface area (Å²) >= 11 is 0. The molecule has 1 aliphatic heterocycles. The molecule has 0 saturated carbocycles. The fraction of sp³-hybridized carbons (Fsp3) is 0.391. The number of nitrogens with one attached hydrogen (secondary N) is 1. The number of nitrogens with zero attached hydrogens (tertiary/aromatic N) is 1. The van der Waals surface area contributed by atoms with Crippen LogP contribution in [0.25, 0.3) is 0 Å². The van der Waals surface area contributed by atoms with Gasteiger partial charge in [-0.15, -0.1) is 0 Å². The molecule has 0 radical (unpaired) electrons. The van der Waals surface area contributed by atoms with E-state index in [1.54, 1.807) is 0 Å². The molecule has 2 aromatic rings. The number of primary amides is 1. The Hall–Kier alpha value is -2.82. The second kappa shape index (κ2) is 8.05. The van der Waals surface area contributed by atoms with Crippen molar-refractivity contribution in [1.82, 2.24) is 0 Å². The van der Waals surface area contributed by atoms with Crippen molar-refractivity contribution < 1.29 is 9.59 Å². The number of hydrogen-bond acceptors (Lipinski definition) is 3. The van der Waals surface area contributed by atoms with Crippen molar-refractivity contribution >= 4 is 23.2 Å². The number of hydrogen-bond donors (Lipinski definition) is 2. The molecule has 3 N–H and O–H groups in total. The topological polar surface area (TPSA) is 75.4 Å². The summed E-state index contributed by atoms with van der Waals surface area (Å²) in [6.45, 7) is 1.66. The summed E-state index contributed by atoms with van der Waals surface area (Å²) in [5, 5.41) is 3.09. The second-order valence-corrected chi connectivity index (χ2v) is 7.84. The number of rotatable bonds is 4. The van der Waals surface area contributed by atoms with Gasteiger partial charge in [-0.05, 0) is 67.5 Å². The van der Waals surface area contributed by atoms with Gasteiger partial charge in [-0.25, -0.2) is 0 Å². The Morgan fingerprint density at radius 1 is 0.964 bits per heavy atom. The molecule has 1 heterocycles. The summed E-state index contributed by atoms with van der Waals surface area (Å²) in [5.41, 5.74) is 9.81. The fourth-order valence-corrected chi connectivity index (χ4v) is 4.43. The van der Waals surface area contributed by atoms with Crippen LogP contribution in [0, 0.1) is 5.92 Å². The average molecular weight is 377 g/mol. The molecular weight excluding hydrogens is 350 g/mol. The summed E-state index contributed by atoms with van der Waals surface area (Å²) < 4.78 is 0. The third-order valence-corrected chi connectivity index (χ3v) is 6.08. The predicted octanol–water partition coefficient (Wildman–Crippen LogP) is 3.45. The van der Waals surface area contributed by atoms with E-state index in [0.717, 1.165) is 56.6 Å². The lowest BCUT2D eigenvalue weighted by molar-refractivity contribution is -0.122. The normalized spacial score (nSPS) is 19.7. The van der Waals surface area contributed by atoms with Gasteiger partial charge < -0.3 is 16.0 Å². The third kappa shape index (κ3) is 3.88. The monoisotopic (exact) mass is 377 g/mol. The number of aryl methyl sites for hydroxylation is 1. The van der Waals surface area contributed by atoms with Gasteiger partial charge in [0, 0.05) is 30.4 Å². The lowest BCUT2D eigenvalue weighted by Gasteiger charge is -2.32. The van der Waals surface area contributed by atoms with Crippen LogP contribution in [0.3, 0.4) is 0 Å². The van der Waals surface area contributed by atoms with Gasteiger partial charge >= 0.3 is 0 Å². The van der Waals surface area contributed by atoms with Gasteiger partial charge in [0.2, 0.25) is 11.8 Å². The summed E-state index contributed by atoms with van der Waals surface area (Å²) in [4.78, 5) is 26.4. The van der Waals surface area contributed by atoms with Crippen LogP contribution in [-0.2, 0) is 16.0 Å². The van der Waals surface area contributed by atoms with Crippen molar-refractivity contribution in [2.75, 3.05) is 23.3 Å². The van der Waals surface area contributed by atoms with E-state index < -0.39 is 0 Å². The Labute approximate surface area is 165 Å². The molecule has 28 heavy (non-hydrogen) atoms. The lowest BCUT2D eigenvalue weighted by Crippen LogP contribution is -2.38. The van der Waals surface area contributed by atoms with Gasteiger partial charge in [0.1, 0.15) is 0 Å². The summed E-state index contributed by atoms with van der Waals surface area (Å²) in [6.07, 6.45) is 4.61. The summed E-state index contributed by atoms with van der Waals surface area (Å²) in [5.74, 6) is -0.199. The van der Waals surface area contributed by atoms with Crippen molar-refractivity contribution in [2.45, 2.75) is 38.0 Å². The molecule has 1 aliphatic carbocycles. The van der Waals surface area contributed by atoms with Crippen LogP contribution in [0.5, 0.6) is 0 Å². The van der Waals surface area contributed by atoms with Crippen LogP contribution in [0.2, 0.25) is 0 Å². The second-order valence-electron chi connectivity index (χ2n) is 7.84. The zero-order chi connectivity index (χ0) is 19.5. The molecular formula is C23H27N3O2. The van der Waals surface area contributed by atoms with Crippen molar-refractivity contribution in [3.8, 4) is 0 Å². The first kappa shape index (κ1) is 18.5.